The summed E-state index contributed by atoms with van der Waals surface area (Å²) in [7, 11) is 1.58. The molecule has 0 atom stereocenters. The van der Waals surface area contributed by atoms with Gasteiger partial charge in [0, 0.05) is 13.7 Å². The van der Waals surface area contributed by atoms with Gasteiger partial charge < -0.3 is 9.84 Å². The van der Waals surface area contributed by atoms with E-state index in [9.17, 15) is 4.79 Å². The van der Waals surface area contributed by atoms with Crippen molar-refractivity contribution < 1.29 is 14.6 Å². The van der Waals surface area contributed by atoms with Gasteiger partial charge in [-0.3, -0.25) is 9.69 Å². The minimum atomic E-state index is -0.862. The molecule has 0 saturated carbocycles. The summed E-state index contributed by atoms with van der Waals surface area (Å²) in [6.45, 7) is 1.50. The van der Waals surface area contributed by atoms with Crippen LogP contribution in [-0.4, -0.2) is 47.8 Å². The van der Waals surface area contributed by atoms with Crippen molar-refractivity contribution >= 4 is 28.9 Å². The maximum absolute atomic E-state index is 10.6. The first-order valence-corrected chi connectivity index (χ1v) is 5.84. The SMILES string of the molecule is COCCN(CC(=O)O)Cc1ncc(Cl)s1. The molecule has 1 N–H and O–H groups in total. The normalized spacial score (nSPS) is 10.9. The summed E-state index contributed by atoms with van der Waals surface area (Å²) in [4.78, 5) is 16.5. The Morgan fingerprint density at radius 3 is 3.00 bits per heavy atom. The third kappa shape index (κ3) is 4.89. The van der Waals surface area contributed by atoms with E-state index in [1.54, 1.807) is 18.2 Å². The summed E-state index contributed by atoms with van der Waals surface area (Å²) in [5, 5.41) is 9.55. The van der Waals surface area contributed by atoms with Gasteiger partial charge >= 0.3 is 5.97 Å². The van der Waals surface area contributed by atoms with E-state index < -0.39 is 5.97 Å². The number of hydrogen-bond acceptors (Lipinski definition) is 5. The molecular formula is C9H13ClN2O3S. The molecule has 7 heteroatoms. The molecule has 0 amide bonds. The van der Waals surface area contributed by atoms with Crippen LogP contribution in [0.4, 0.5) is 0 Å². The van der Waals surface area contributed by atoms with Crippen molar-refractivity contribution in [2.45, 2.75) is 6.54 Å². The Hall–Kier alpha value is -0.690. The van der Waals surface area contributed by atoms with Gasteiger partial charge in [-0.25, -0.2) is 4.98 Å². The third-order valence-electron chi connectivity index (χ3n) is 1.85. The number of halogens is 1. The van der Waals surface area contributed by atoms with Crippen LogP contribution in [0.15, 0.2) is 6.20 Å². The van der Waals surface area contributed by atoms with Gasteiger partial charge in [0.2, 0.25) is 0 Å². The molecule has 0 aliphatic rings. The molecule has 0 aromatic carbocycles. The second-order valence-corrected chi connectivity index (χ2v) is 4.90. The van der Waals surface area contributed by atoms with Crippen LogP contribution < -0.4 is 0 Å². The Bertz CT molecular complexity index is 345. The number of rotatable bonds is 7. The molecule has 0 bridgehead atoms. The standard InChI is InChI=1S/C9H13ClN2O3S/c1-15-3-2-12(6-9(13)14)5-8-11-4-7(10)16-8/h4H,2-3,5-6H2,1H3,(H,13,14). The average molecular weight is 265 g/mol. The van der Waals surface area contributed by atoms with E-state index in [-0.39, 0.29) is 6.54 Å². The number of carboxylic acid groups (broad SMARTS) is 1. The first kappa shape index (κ1) is 13.4. The first-order chi connectivity index (χ1) is 7.61. The van der Waals surface area contributed by atoms with Crippen molar-refractivity contribution in [3.63, 3.8) is 0 Å². The molecule has 0 saturated heterocycles. The second kappa shape index (κ2) is 6.80. The van der Waals surface area contributed by atoms with Crippen molar-refractivity contribution in [3.05, 3.63) is 15.5 Å². The Labute approximate surface area is 103 Å². The molecule has 0 aliphatic carbocycles. The van der Waals surface area contributed by atoms with Gasteiger partial charge in [-0.2, -0.15) is 0 Å². The van der Waals surface area contributed by atoms with Crippen molar-refractivity contribution in [1.82, 2.24) is 9.88 Å². The molecule has 5 nitrogen and oxygen atoms in total. The van der Waals surface area contributed by atoms with Gasteiger partial charge in [-0.05, 0) is 0 Å². The van der Waals surface area contributed by atoms with Crippen LogP contribution in [0, 0.1) is 0 Å². The van der Waals surface area contributed by atoms with E-state index in [0.29, 0.717) is 24.0 Å². The van der Waals surface area contributed by atoms with Crippen molar-refractivity contribution in [1.29, 1.82) is 0 Å². The molecule has 90 valence electrons. The highest BCUT2D eigenvalue weighted by molar-refractivity contribution is 7.15. The number of aliphatic carboxylic acids is 1. The van der Waals surface area contributed by atoms with E-state index in [2.05, 4.69) is 4.98 Å². The number of ether oxygens (including phenoxy) is 1. The lowest BCUT2D eigenvalue weighted by atomic mass is 10.4. The summed E-state index contributed by atoms with van der Waals surface area (Å²) >= 11 is 7.11. The van der Waals surface area contributed by atoms with Crippen LogP contribution >= 0.6 is 22.9 Å². The number of carbonyl (C=O) groups is 1. The van der Waals surface area contributed by atoms with Crippen molar-refractivity contribution in [2.24, 2.45) is 0 Å². The number of hydrogen-bond donors (Lipinski definition) is 1. The lowest BCUT2D eigenvalue weighted by Crippen LogP contribution is -2.32. The van der Waals surface area contributed by atoms with Gasteiger partial charge in [-0.15, -0.1) is 11.3 Å². The minimum Gasteiger partial charge on any atom is -0.480 e. The van der Waals surface area contributed by atoms with E-state index in [0.717, 1.165) is 5.01 Å². The quantitative estimate of drug-likeness (QED) is 0.805. The van der Waals surface area contributed by atoms with Crippen LogP contribution in [-0.2, 0) is 16.1 Å². The third-order valence-corrected chi connectivity index (χ3v) is 2.95. The van der Waals surface area contributed by atoms with Crippen LogP contribution in [0.25, 0.3) is 0 Å². The average Bonchev–Trinajstić information content (AvgIpc) is 2.59. The highest BCUT2D eigenvalue weighted by Crippen LogP contribution is 2.19. The van der Waals surface area contributed by atoms with Crippen LogP contribution in [0.2, 0.25) is 4.34 Å². The molecular weight excluding hydrogens is 252 g/mol. The van der Waals surface area contributed by atoms with Gasteiger partial charge in [0.15, 0.2) is 0 Å². The largest absolute Gasteiger partial charge is 0.480 e. The Balaban J connectivity index is 2.51. The molecule has 0 aliphatic heterocycles. The van der Waals surface area contributed by atoms with Gasteiger partial charge in [0.1, 0.15) is 9.34 Å². The number of thiazole rings is 1. The second-order valence-electron chi connectivity index (χ2n) is 3.16. The monoisotopic (exact) mass is 264 g/mol. The van der Waals surface area contributed by atoms with E-state index >= 15 is 0 Å². The fraction of sp³-hybridized carbons (Fsp3) is 0.556. The van der Waals surface area contributed by atoms with Crippen LogP contribution in [0.3, 0.4) is 0 Å². The lowest BCUT2D eigenvalue weighted by Gasteiger charge is -2.17. The fourth-order valence-corrected chi connectivity index (χ4v) is 2.18. The Kier molecular flexibility index (Phi) is 5.68. The summed E-state index contributed by atoms with van der Waals surface area (Å²) in [5.74, 6) is -0.862. The number of aromatic nitrogens is 1. The molecule has 1 aromatic heterocycles. The summed E-state index contributed by atoms with van der Waals surface area (Å²) in [6, 6.07) is 0. The predicted molar refractivity (Wildman–Crippen MR) is 61.9 cm³/mol. The zero-order chi connectivity index (χ0) is 12.0. The van der Waals surface area contributed by atoms with Crippen LogP contribution in [0.5, 0.6) is 0 Å². The van der Waals surface area contributed by atoms with Gasteiger partial charge in [0.05, 0.1) is 25.9 Å². The predicted octanol–water partition coefficient (Wildman–Crippen LogP) is 1.33. The van der Waals surface area contributed by atoms with E-state index in [1.807, 2.05) is 0 Å². The van der Waals surface area contributed by atoms with Crippen molar-refractivity contribution in [3.8, 4) is 0 Å². The molecule has 0 spiro atoms. The molecule has 16 heavy (non-hydrogen) atoms. The Morgan fingerprint density at radius 1 is 1.75 bits per heavy atom. The minimum absolute atomic E-state index is 0.0272. The van der Waals surface area contributed by atoms with Gasteiger partial charge in [-0.1, -0.05) is 11.6 Å². The fourth-order valence-electron chi connectivity index (χ4n) is 1.18. The van der Waals surface area contributed by atoms with Gasteiger partial charge in [0.25, 0.3) is 0 Å². The Morgan fingerprint density at radius 2 is 2.50 bits per heavy atom. The topological polar surface area (TPSA) is 62.7 Å². The molecule has 0 radical (unpaired) electrons. The van der Waals surface area contributed by atoms with Crippen molar-refractivity contribution in [2.75, 3.05) is 26.8 Å². The zero-order valence-electron chi connectivity index (χ0n) is 8.85. The van der Waals surface area contributed by atoms with E-state index in [1.165, 1.54) is 11.3 Å². The lowest BCUT2D eigenvalue weighted by molar-refractivity contribution is -0.138. The number of carboxylic acids is 1. The molecule has 0 fully saturated rings. The first-order valence-electron chi connectivity index (χ1n) is 4.65. The number of nitrogens with zero attached hydrogens (tertiary/aromatic N) is 2. The molecule has 0 unspecified atom stereocenters. The molecule has 1 rings (SSSR count). The summed E-state index contributed by atoms with van der Waals surface area (Å²) < 4.78 is 5.53. The maximum Gasteiger partial charge on any atom is 0.317 e. The maximum atomic E-state index is 10.6. The summed E-state index contributed by atoms with van der Waals surface area (Å²) in [6.07, 6.45) is 1.57. The van der Waals surface area contributed by atoms with E-state index in [4.69, 9.17) is 21.4 Å². The van der Waals surface area contributed by atoms with Crippen LogP contribution in [0.1, 0.15) is 5.01 Å². The molecule has 1 aromatic rings. The summed E-state index contributed by atoms with van der Waals surface area (Å²) in [5.41, 5.74) is 0. The highest BCUT2D eigenvalue weighted by atomic mass is 35.5. The highest BCUT2D eigenvalue weighted by Gasteiger charge is 2.12. The smallest absolute Gasteiger partial charge is 0.317 e. The molecule has 1 heterocycles. The zero-order valence-corrected chi connectivity index (χ0v) is 10.4. The number of methoxy groups -OCH3 is 1.